The first-order chi connectivity index (χ1) is 28.9. The molecule has 364 valence electrons. The van der Waals surface area contributed by atoms with Gasteiger partial charge in [-0.15, -0.1) is 0 Å². The van der Waals surface area contributed by atoms with E-state index in [4.69, 9.17) is 46.0 Å². The van der Waals surface area contributed by atoms with Gasteiger partial charge < -0.3 is 46.0 Å². The van der Waals surface area contributed by atoms with Crippen LogP contribution in [-0.2, 0) is 14.4 Å². The van der Waals surface area contributed by atoms with E-state index < -0.39 is 30.1 Å². The highest BCUT2D eigenvalue weighted by Gasteiger charge is 1.99. The zero-order valence-electron chi connectivity index (χ0n) is 39.2. The van der Waals surface area contributed by atoms with E-state index in [9.17, 15) is 14.4 Å². The highest BCUT2D eigenvalue weighted by molar-refractivity contribution is 5.67. The highest BCUT2D eigenvalue weighted by atomic mass is 16.4. The summed E-state index contributed by atoms with van der Waals surface area (Å²) in [5.41, 5.74) is 0. The predicted octanol–water partition coefficient (Wildman–Crippen LogP) is 11.0. The summed E-state index contributed by atoms with van der Waals surface area (Å²) >= 11 is 0. The summed E-state index contributed by atoms with van der Waals surface area (Å²) in [4.78, 5) is 30.8. The molecule has 0 atom stereocenters. The number of carboxylic acid groups (broad SMARTS) is 3. The van der Waals surface area contributed by atoms with E-state index in [0.29, 0.717) is 19.3 Å². The summed E-state index contributed by atoms with van der Waals surface area (Å²) in [6, 6.07) is 0. The fraction of sp³-hybridized carbons (Fsp3) is 0.938. The van der Waals surface area contributed by atoms with E-state index >= 15 is 0 Å². The number of aliphatic carboxylic acids is 3. The van der Waals surface area contributed by atoms with Gasteiger partial charge in [0.05, 0.1) is 26.4 Å². The Balaban J connectivity index is -0.000000221. The fourth-order valence-electron chi connectivity index (χ4n) is 5.94. The first-order valence-electron chi connectivity index (χ1n) is 24.4. The van der Waals surface area contributed by atoms with Gasteiger partial charge in [0.15, 0.2) is 0 Å². The van der Waals surface area contributed by atoms with Gasteiger partial charge in [0.25, 0.3) is 0 Å². The topological polar surface area (TPSA) is 233 Å². The van der Waals surface area contributed by atoms with Crippen LogP contribution in [0, 0.1) is 0 Å². The van der Waals surface area contributed by atoms with Crippen molar-refractivity contribution in [3.63, 3.8) is 0 Å². The molecule has 9 N–H and O–H groups in total. The number of rotatable bonds is 40. The van der Waals surface area contributed by atoms with Crippen LogP contribution >= 0.6 is 0 Å². The van der Waals surface area contributed by atoms with E-state index in [-0.39, 0.29) is 26.4 Å². The van der Waals surface area contributed by atoms with Gasteiger partial charge in [-0.2, -0.15) is 0 Å². The third kappa shape index (κ3) is 83.8. The van der Waals surface area contributed by atoms with Crippen molar-refractivity contribution in [1.29, 1.82) is 0 Å². The number of aliphatic hydroxyl groups is 6. The smallest absolute Gasteiger partial charge is 0.303 e. The van der Waals surface area contributed by atoms with Crippen LogP contribution in [0.3, 0.4) is 0 Å². The predicted molar refractivity (Wildman–Crippen MR) is 246 cm³/mol. The minimum atomic E-state index is -0.954. The zero-order valence-corrected chi connectivity index (χ0v) is 39.2. The molecule has 0 amide bonds. The number of aliphatic hydroxyl groups excluding tert-OH is 6. The lowest BCUT2D eigenvalue weighted by Crippen LogP contribution is -2.15. The lowest BCUT2D eigenvalue weighted by molar-refractivity contribution is -0.138. The Hall–Kier alpha value is -1.83. The molecule has 0 saturated carbocycles. The summed E-state index contributed by atoms with van der Waals surface area (Å²) in [5.74, 6) is -1.97. The van der Waals surface area contributed by atoms with Crippen LogP contribution in [0.1, 0.15) is 252 Å². The van der Waals surface area contributed by atoms with Crippen LogP contribution in [-0.4, -0.2) is 103 Å². The second-order valence-electron chi connectivity index (χ2n) is 16.1. The van der Waals surface area contributed by atoms with Gasteiger partial charge in [-0.25, -0.2) is 0 Å². The second kappa shape index (κ2) is 63.8. The van der Waals surface area contributed by atoms with Crippen molar-refractivity contribution in [3.05, 3.63) is 0 Å². The Morgan fingerprint density at radius 3 is 0.517 bits per heavy atom. The average molecular weight is 869 g/mol. The molecular weight excluding hydrogens is 769 g/mol. The standard InChI is InChI=1S/3C14H28O2.2C3H8O3/c3*1-2-3-4-5-6-7-8-9-10-11-12-13-14(15)16;2*4-1-3(6)2-5/h3*2-13H2,1H3,(H,15,16);2*3-6H,1-2H2. The van der Waals surface area contributed by atoms with Gasteiger partial charge in [0.1, 0.15) is 12.2 Å². The molecule has 0 aromatic rings. The van der Waals surface area contributed by atoms with Crippen molar-refractivity contribution >= 4 is 17.9 Å². The van der Waals surface area contributed by atoms with Crippen molar-refractivity contribution in [3.8, 4) is 0 Å². The van der Waals surface area contributed by atoms with Crippen LogP contribution in [0.15, 0.2) is 0 Å². The summed E-state index contributed by atoms with van der Waals surface area (Å²) in [6.07, 6.45) is 41.2. The molecule has 0 radical (unpaired) electrons. The summed E-state index contributed by atoms with van der Waals surface area (Å²) in [5, 5.41) is 73.4. The largest absolute Gasteiger partial charge is 0.481 e. The molecule has 0 unspecified atom stereocenters. The number of unbranched alkanes of at least 4 members (excludes halogenated alkanes) is 30. The quantitative estimate of drug-likeness (QED) is 0.0262. The van der Waals surface area contributed by atoms with E-state index in [1.807, 2.05) is 0 Å². The average Bonchev–Trinajstić information content (AvgIpc) is 3.23. The molecule has 0 aliphatic carbocycles. The molecule has 0 aliphatic heterocycles. The normalized spacial score (nSPS) is 10.4. The first kappa shape index (κ1) is 67.3. The van der Waals surface area contributed by atoms with E-state index in [1.54, 1.807) is 0 Å². The van der Waals surface area contributed by atoms with Crippen LogP contribution in [0.5, 0.6) is 0 Å². The van der Waals surface area contributed by atoms with E-state index in [1.165, 1.54) is 173 Å². The molecule has 12 heteroatoms. The molecule has 0 aromatic heterocycles. The van der Waals surface area contributed by atoms with Crippen LogP contribution in [0.25, 0.3) is 0 Å². The third-order valence-electron chi connectivity index (χ3n) is 9.83. The van der Waals surface area contributed by atoms with Gasteiger partial charge >= 0.3 is 17.9 Å². The molecule has 0 bridgehead atoms. The summed E-state index contributed by atoms with van der Waals surface area (Å²) in [6.45, 7) is 5.28. The van der Waals surface area contributed by atoms with Crippen LogP contribution in [0.4, 0.5) is 0 Å². The molecule has 0 aromatic carbocycles. The van der Waals surface area contributed by atoms with Crippen LogP contribution in [0.2, 0.25) is 0 Å². The SMILES string of the molecule is CCCCCCCCCCCCCC(=O)O.CCCCCCCCCCCCCC(=O)O.CCCCCCCCCCCCCC(=O)O.OCC(O)CO.OCC(O)CO. The number of hydrogen-bond acceptors (Lipinski definition) is 9. The zero-order chi connectivity index (χ0) is 46.2. The Bertz CT molecular complexity index is 696. The molecular formula is C48H100O12. The van der Waals surface area contributed by atoms with Gasteiger partial charge in [-0.1, -0.05) is 213 Å². The molecule has 0 spiro atoms. The minimum Gasteiger partial charge on any atom is -0.481 e. The summed E-state index contributed by atoms with van der Waals surface area (Å²) in [7, 11) is 0. The summed E-state index contributed by atoms with van der Waals surface area (Å²) < 4.78 is 0. The number of hydrogen-bond donors (Lipinski definition) is 9. The molecule has 0 saturated heterocycles. The maximum Gasteiger partial charge on any atom is 0.303 e. The third-order valence-corrected chi connectivity index (χ3v) is 9.83. The maximum absolute atomic E-state index is 10.3. The number of carbonyl (C=O) groups is 3. The van der Waals surface area contributed by atoms with Crippen molar-refractivity contribution in [1.82, 2.24) is 0 Å². The fourth-order valence-corrected chi connectivity index (χ4v) is 5.94. The molecule has 60 heavy (non-hydrogen) atoms. The molecule has 12 nitrogen and oxygen atoms in total. The van der Waals surface area contributed by atoms with E-state index in [0.717, 1.165) is 38.5 Å². The van der Waals surface area contributed by atoms with Gasteiger partial charge in [-0.3, -0.25) is 14.4 Å². The van der Waals surface area contributed by atoms with E-state index in [2.05, 4.69) is 20.8 Å². The second-order valence-corrected chi connectivity index (χ2v) is 16.1. The van der Waals surface area contributed by atoms with Gasteiger partial charge in [0, 0.05) is 19.3 Å². The van der Waals surface area contributed by atoms with Gasteiger partial charge in [0.2, 0.25) is 0 Å². The maximum atomic E-state index is 10.3. The minimum absolute atomic E-state index is 0.344. The molecule has 0 rings (SSSR count). The Morgan fingerprint density at radius 1 is 0.283 bits per heavy atom. The Kier molecular flexibility index (Phi) is 71.5. The number of carboxylic acids is 3. The van der Waals surface area contributed by atoms with Gasteiger partial charge in [-0.05, 0) is 19.3 Å². The first-order valence-corrected chi connectivity index (χ1v) is 24.4. The van der Waals surface area contributed by atoms with Crippen LogP contribution < -0.4 is 0 Å². The Morgan fingerprint density at radius 2 is 0.417 bits per heavy atom. The highest BCUT2D eigenvalue weighted by Crippen LogP contribution is 2.14. The molecule has 0 fully saturated rings. The van der Waals surface area contributed by atoms with Crippen molar-refractivity contribution < 1.29 is 60.3 Å². The van der Waals surface area contributed by atoms with Crippen molar-refractivity contribution in [2.24, 2.45) is 0 Å². The molecule has 0 heterocycles. The molecule has 0 aliphatic rings. The van der Waals surface area contributed by atoms with Crippen molar-refractivity contribution in [2.75, 3.05) is 26.4 Å². The van der Waals surface area contributed by atoms with Crippen molar-refractivity contribution in [2.45, 2.75) is 264 Å². The lowest BCUT2D eigenvalue weighted by atomic mass is 10.1. The monoisotopic (exact) mass is 869 g/mol. The Labute approximate surface area is 368 Å². The lowest BCUT2D eigenvalue weighted by Gasteiger charge is -2.01.